The standard InChI is InChI=1S/C8H18NO5P.C4H10O/c1-8(2,3)14-7(10)6(9)4-5-15(11,12)13;1-4(2)5-3/h6H,4-5,9H2,1-3H3,(H2,11,12,13);4H,1-3H3. The molecule has 122 valence electrons. The second kappa shape index (κ2) is 9.47. The molecule has 8 heteroatoms. The monoisotopic (exact) mass is 313 g/mol. The molecule has 4 N–H and O–H groups in total. The summed E-state index contributed by atoms with van der Waals surface area (Å²) in [4.78, 5) is 28.4. The summed E-state index contributed by atoms with van der Waals surface area (Å²) in [6, 6.07) is -0.989. The molecular formula is C12H28NO6P. The smallest absolute Gasteiger partial charge is 0.325 e. The van der Waals surface area contributed by atoms with Crippen LogP contribution in [0.4, 0.5) is 0 Å². The van der Waals surface area contributed by atoms with E-state index in [-0.39, 0.29) is 6.42 Å². The molecule has 0 rings (SSSR count). The highest BCUT2D eigenvalue weighted by atomic mass is 31.2. The molecule has 0 aliphatic heterocycles. The summed E-state index contributed by atoms with van der Waals surface area (Å²) in [5, 5.41) is 0. The molecule has 0 saturated carbocycles. The fourth-order valence-electron chi connectivity index (χ4n) is 0.803. The van der Waals surface area contributed by atoms with Crippen LogP contribution in [-0.4, -0.2) is 46.8 Å². The Morgan fingerprint density at radius 1 is 1.30 bits per heavy atom. The lowest BCUT2D eigenvalue weighted by molar-refractivity contribution is -0.156. The van der Waals surface area contributed by atoms with Gasteiger partial charge in [-0.3, -0.25) is 9.36 Å². The number of carbonyl (C=O) groups is 1. The van der Waals surface area contributed by atoms with Gasteiger partial charge in [0.2, 0.25) is 0 Å². The van der Waals surface area contributed by atoms with Gasteiger partial charge in [-0.15, -0.1) is 0 Å². The van der Waals surface area contributed by atoms with Gasteiger partial charge in [0.25, 0.3) is 0 Å². The normalized spacial score (nSPS) is 13.5. The van der Waals surface area contributed by atoms with Crippen LogP contribution in [0.15, 0.2) is 0 Å². The predicted octanol–water partition coefficient (Wildman–Crippen LogP) is 1.26. The minimum atomic E-state index is -4.10. The zero-order chi connectivity index (χ0) is 16.6. The van der Waals surface area contributed by atoms with Crippen molar-refractivity contribution in [2.45, 2.75) is 58.8 Å². The number of ether oxygens (including phenoxy) is 2. The minimum absolute atomic E-state index is 0.0841. The molecular weight excluding hydrogens is 285 g/mol. The molecule has 0 aliphatic carbocycles. The van der Waals surface area contributed by atoms with Crippen molar-refractivity contribution in [2.75, 3.05) is 13.3 Å². The highest BCUT2D eigenvalue weighted by molar-refractivity contribution is 7.51. The van der Waals surface area contributed by atoms with Crippen LogP contribution in [0.25, 0.3) is 0 Å². The number of nitrogens with two attached hydrogens (primary N) is 1. The van der Waals surface area contributed by atoms with Gasteiger partial charge in [0, 0.05) is 7.11 Å². The van der Waals surface area contributed by atoms with E-state index < -0.39 is 31.4 Å². The Morgan fingerprint density at radius 2 is 1.70 bits per heavy atom. The van der Waals surface area contributed by atoms with Crippen LogP contribution in [0.5, 0.6) is 0 Å². The summed E-state index contributed by atoms with van der Waals surface area (Å²) in [6.07, 6.45) is -0.109. The lowest BCUT2D eigenvalue weighted by atomic mass is 10.2. The maximum Gasteiger partial charge on any atom is 0.325 e. The molecule has 0 aromatic heterocycles. The lowest BCUT2D eigenvalue weighted by Crippen LogP contribution is -2.37. The van der Waals surface area contributed by atoms with Crippen molar-refractivity contribution in [1.82, 2.24) is 0 Å². The number of hydrogen-bond acceptors (Lipinski definition) is 5. The molecule has 0 aromatic carbocycles. The van der Waals surface area contributed by atoms with E-state index in [0.717, 1.165) is 0 Å². The van der Waals surface area contributed by atoms with E-state index >= 15 is 0 Å². The van der Waals surface area contributed by atoms with Gasteiger partial charge in [-0.1, -0.05) is 0 Å². The Morgan fingerprint density at radius 3 is 1.95 bits per heavy atom. The van der Waals surface area contributed by atoms with Crippen molar-refractivity contribution in [1.29, 1.82) is 0 Å². The average Bonchev–Trinajstić information content (AvgIpc) is 2.23. The molecule has 20 heavy (non-hydrogen) atoms. The van der Waals surface area contributed by atoms with E-state index in [9.17, 15) is 9.36 Å². The zero-order valence-electron chi connectivity index (χ0n) is 13.1. The first-order chi connectivity index (χ1) is 8.78. The Labute approximate surface area is 121 Å². The Bertz CT molecular complexity index is 320. The highest BCUT2D eigenvalue weighted by Crippen LogP contribution is 2.35. The SMILES string of the molecule is CC(C)(C)OC(=O)C(N)CCP(=O)(O)O.COC(C)C. The molecule has 0 bridgehead atoms. The summed E-state index contributed by atoms with van der Waals surface area (Å²) in [6.45, 7) is 9.09. The summed E-state index contributed by atoms with van der Waals surface area (Å²) < 4.78 is 20.2. The van der Waals surface area contributed by atoms with Crippen molar-refractivity contribution < 1.29 is 28.6 Å². The maximum absolute atomic E-state index is 11.3. The van der Waals surface area contributed by atoms with Crippen molar-refractivity contribution in [2.24, 2.45) is 5.73 Å². The number of hydrogen-bond donors (Lipinski definition) is 3. The van der Waals surface area contributed by atoms with Crippen LogP contribution in [0.1, 0.15) is 41.0 Å². The van der Waals surface area contributed by atoms with Crippen molar-refractivity contribution >= 4 is 13.6 Å². The second-order valence-electron chi connectivity index (χ2n) is 5.60. The van der Waals surface area contributed by atoms with E-state index in [1.807, 2.05) is 13.8 Å². The average molecular weight is 313 g/mol. The number of carbonyl (C=O) groups excluding carboxylic acids is 1. The predicted molar refractivity (Wildman–Crippen MR) is 77.5 cm³/mol. The first kappa shape index (κ1) is 21.8. The molecule has 7 nitrogen and oxygen atoms in total. The highest BCUT2D eigenvalue weighted by Gasteiger charge is 2.24. The van der Waals surface area contributed by atoms with Gasteiger partial charge in [0.1, 0.15) is 11.6 Å². The second-order valence-corrected chi connectivity index (χ2v) is 7.38. The Hall–Kier alpha value is -0.460. The van der Waals surface area contributed by atoms with Gasteiger partial charge >= 0.3 is 13.6 Å². The van der Waals surface area contributed by atoms with Gasteiger partial charge < -0.3 is 25.0 Å². The first-order valence-electron chi connectivity index (χ1n) is 6.34. The van der Waals surface area contributed by atoms with E-state index in [1.165, 1.54) is 0 Å². The van der Waals surface area contributed by atoms with Crippen molar-refractivity contribution in [3.8, 4) is 0 Å². The van der Waals surface area contributed by atoms with Gasteiger partial charge in [0.05, 0.1) is 12.3 Å². The lowest BCUT2D eigenvalue weighted by Gasteiger charge is -2.22. The fraction of sp³-hybridized carbons (Fsp3) is 0.917. The van der Waals surface area contributed by atoms with E-state index in [2.05, 4.69) is 0 Å². The minimum Gasteiger partial charge on any atom is -0.459 e. The fourth-order valence-corrected chi connectivity index (χ4v) is 1.42. The molecule has 0 aliphatic rings. The molecule has 0 spiro atoms. The van der Waals surface area contributed by atoms with Gasteiger partial charge in [-0.2, -0.15) is 0 Å². The molecule has 0 heterocycles. The van der Waals surface area contributed by atoms with Gasteiger partial charge in [0.15, 0.2) is 0 Å². The van der Waals surface area contributed by atoms with Crippen LogP contribution >= 0.6 is 7.60 Å². The van der Waals surface area contributed by atoms with Crippen LogP contribution in [-0.2, 0) is 18.8 Å². The molecule has 1 unspecified atom stereocenters. The van der Waals surface area contributed by atoms with E-state index in [0.29, 0.717) is 6.10 Å². The third kappa shape index (κ3) is 17.5. The summed E-state index contributed by atoms with van der Waals surface area (Å²) in [5.74, 6) is -0.643. The quantitative estimate of drug-likeness (QED) is 0.516. The summed E-state index contributed by atoms with van der Waals surface area (Å²) in [5.41, 5.74) is 4.77. The van der Waals surface area contributed by atoms with Gasteiger partial charge in [-0.05, 0) is 41.0 Å². The molecule has 1 atom stereocenters. The first-order valence-corrected chi connectivity index (χ1v) is 8.14. The largest absolute Gasteiger partial charge is 0.459 e. The van der Waals surface area contributed by atoms with Crippen LogP contribution in [0.2, 0.25) is 0 Å². The topological polar surface area (TPSA) is 119 Å². The molecule has 0 fully saturated rings. The van der Waals surface area contributed by atoms with Crippen LogP contribution < -0.4 is 5.73 Å². The van der Waals surface area contributed by atoms with Crippen molar-refractivity contribution in [3.05, 3.63) is 0 Å². The van der Waals surface area contributed by atoms with Crippen LogP contribution in [0, 0.1) is 0 Å². The van der Waals surface area contributed by atoms with E-state index in [1.54, 1.807) is 27.9 Å². The number of rotatable bonds is 5. The number of esters is 1. The Balaban J connectivity index is 0. The molecule has 0 aromatic rings. The van der Waals surface area contributed by atoms with Crippen LogP contribution in [0.3, 0.4) is 0 Å². The van der Waals surface area contributed by atoms with Crippen molar-refractivity contribution in [3.63, 3.8) is 0 Å². The maximum atomic E-state index is 11.3. The molecule has 0 saturated heterocycles. The van der Waals surface area contributed by atoms with E-state index in [4.69, 9.17) is 25.0 Å². The molecule has 0 radical (unpaired) electrons. The summed E-state index contributed by atoms with van der Waals surface area (Å²) >= 11 is 0. The summed E-state index contributed by atoms with van der Waals surface area (Å²) in [7, 11) is -2.40. The third-order valence-electron chi connectivity index (χ3n) is 1.91. The van der Waals surface area contributed by atoms with Gasteiger partial charge in [-0.25, -0.2) is 0 Å². The zero-order valence-corrected chi connectivity index (χ0v) is 14.0. The third-order valence-corrected chi connectivity index (χ3v) is 2.75. The number of methoxy groups -OCH3 is 1. The molecule has 0 amide bonds. The Kier molecular flexibility index (Phi) is 10.3.